The fourth-order valence-corrected chi connectivity index (χ4v) is 1.44. The van der Waals surface area contributed by atoms with Gasteiger partial charge in [-0.1, -0.05) is 4.32 Å². The molecule has 0 unspecified atom stereocenters. The first-order chi connectivity index (χ1) is 4.30. The number of rotatable bonds is 0. The third kappa shape index (κ3) is 7.31. The summed E-state index contributed by atoms with van der Waals surface area (Å²) in [5.74, 6) is 0. The molecule has 0 aromatic rings. The van der Waals surface area contributed by atoms with Crippen molar-refractivity contribution in [2.45, 2.75) is 19.3 Å². The fraction of sp³-hybridized carbons (Fsp3) is 0.833. The van der Waals surface area contributed by atoms with Crippen molar-refractivity contribution in [1.82, 2.24) is 4.90 Å². The first kappa shape index (κ1) is 19.5. The second-order valence-electron chi connectivity index (χ2n) is 2.31. The molecular formula is C6H10Br2NS2Sb. The average Bonchev–Trinajstić information content (AvgIpc) is 1.90. The van der Waals surface area contributed by atoms with Gasteiger partial charge in [-0.25, -0.2) is 0 Å². The maximum Gasteiger partial charge on any atom is 3.00 e. The Morgan fingerprint density at radius 3 is 1.75 bits per heavy atom. The molecule has 1 aliphatic rings. The summed E-state index contributed by atoms with van der Waals surface area (Å²) in [6.07, 6.45) is 3.86. The molecule has 0 bridgehead atoms. The molecule has 70 valence electrons. The Labute approximate surface area is 123 Å². The molecule has 0 amide bonds. The Kier molecular flexibility index (Phi) is 17.8. The molecule has 1 nitrogen and oxygen atoms in total. The van der Waals surface area contributed by atoms with Crippen molar-refractivity contribution in [2.75, 3.05) is 13.1 Å². The molecule has 12 heavy (non-hydrogen) atoms. The summed E-state index contributed by atoms with van der Waals surface area (Å²) in [7, 11) is 0. The van der Waals surface area contributed by atoms with Crippen LogP contribution in [0, 0.1) is 0 Å². The summed E-state index contributed by atoms with van der Waals surface area (Å²) < 4.78 is 0.648. The van der Waals surface area contributed by atoms with E-state index in [0.717, 1.165) is 13.1 Å². The zero-order chi connectivity index (χ0) is 6.69. The standard InChI is InChI=1S/C6H11NS2.2BrH.Sb/c8-6(9)7-4-2-1-3-5-7;;;/h1-5H2,(H,8,9);2*1H;/q;;;+3/p-3. The number of thiocarbonyl (C=S) groups is 1. The molecule has 1 fully saturated rings. The van der Waals surface area contributed by atoms with Crippen molar-refractivity contribution in [3.8, 4) is 0 Å². The zero-order valence-electron chi connectivity index (χ0n) is 6.50. The smallest absolute Gasteiger partial charge is 1.00 e. The van der Waals surface area contributed by atoms with Crippen LogP contribution < -0.4 is 34.0 Å². The molecule has 0 saturated carbocycles. The zero-order valence-corrected chi connectivity index (χ0v) is 13.9. The Hall–Kier alpha value is 1.89. The number of hydrogen-bond donors (Lipinski definition) is 0. The van der Waals surface area contributed by atoms with E-state index in [1.165, 1.54) is 19.3 Å². The van der Waals surface area contributed by atoms with Gasteiger partial charge in [0.15, 0.2) is 0 Å². The van der Waals surface area contributed by atoms with Gasteiger partial charge in [0.1, 0.15) is 0 Å². The minimum atomic E-state index is 0. The molecule has 0 aromatic heterocycles. The topological polar surface area (TPSA) is 3.24 Å². The number of halogens is 2. The van der Waals surface area contributed by atoms with E-state index in [9.17, 15) is 0 Å². The molecule has 0 N–H and O–H groups in total. The van der Waals surface area contributed by atoms with Crippen LogP contribution in [0.4, 0.5) is 0 Å². The monoisotopic (exact) mass is 439 g/mol. The van der Waals surface area contributed by atoms with Gasteiger partial charge in [-0.3, -0.25) is 0 Å². The van der Waals surface area contributed by atoms with E-state index >= 15 is 0 Å². The van der Waals surface area contributed by atoms with E-state index < -0.39 is 0 Å². The van der Waals surface area contributed by atoms with E-state index in [4.69, 9.17) is 24.8 Å². The summed E-state index contributed by atoms with van der Waals surface area (Å²) in [6, 6.07) is 0. The van der Waals surface area contributed by atoms with Crippen LogP contribution in [0.1, 0.15) is 19.3 Å². The van der Waals surface area contributed by atoms with Gasteiger partial charge in [0.25, 0.3) is 0 Å². The second-order valence-corrected chi connectivity index (χ2v) is 3.35. The molecule has 1 heterocycles. The minimum Gasteiger partial charge on any atom is -1.00 e. The predicted molar refractivity (Wildman–Crippen MR) is 51.1 cm³/mol. The summed E-state index contributed by atoms with van der Waals surface area (Å²) >= 11 is 9.71. The van der Waals surface area contributed by atoms with Crippen LogP contribution in [-0.2, 0) is 12.6 Å². The van der Waals surface area contributed by atoms with E-state index in [0.29, 0.717) is 4.32 Å². The molecule has 6 heteroatoms. The van der Waals surface area contributed by atoms with Gasteiger partial charge < -0.3 is 63.7 Å². The van der Waals surface area contributed by atoms with Gasteiger partial charge in [-0.05, 0) is 19.3 Å². The van der Waals surface area contributed by atoms with E-state index in [-0.39, 0.29) is 58.4 Å². The first-order valence-electron chi connectivity index (χ1n) is 3.26. The van der Waals surface area contributed by atoms with Gasteiger partial charge in [0.2, 0.25) is 0 Å². The molecule has 0 aromatic carbocycles. The molecular weight excluding hydrogens is 432 g/mol. The fourth-order valence-electron chi connectivity index (χ4n) is 1.08. The Balaban J connectivity index is -0.000000270. The summed E-state index contributed by atoms with van der Waals surface area (Å²) in [5.41, 5.74) is 0. The molecule has 2 radical (unpaired) electrons. The van der Waals surface area contributed by atoms with Crippen molar-refractivity contribution in [3.63, 3.8) is 0 Å². The van der Waals surface area contributed by atoms with Crippen LogP contribution in [-0.4, -0.2) is 46.7 Å². The third-order valence-electron chi connectivity index (χ3n) is 1.61. The third-order valence-corrected chi connectivity index (χ3v) is 2.13. The van der Waals surface area contributed by atoms with Crippen molar-refractivity contribution in [3.05, 3.63) is 0 Å². The van der Waals surface area contributed by atoms with Crippen LogP contribution in [0.3, 0.4) is 0 Å². The van der Waals surface area contributed by atoms with Crippen molar-refractivity contribution < 1.29 is 34.0 Å². The van der Waals surface area contributed by atoms with Crippen LogP contribution in [0.25, 0.3) is 0 Å². The quantitative estimate of drug-likeness (QED) is 0.210. The number of piperidine rings is 1. The Morgan fingerprint density at radius 1 is 1.08 bits per heavy atom. The molecule has 1 rings (SSSR count). The molecule has 1 aliphatic heterocycles. The summed E-state index contributed by atoms with van der Waals surface area (Å²) in [4.78, 5) is 2.11. The molecule has 1 saturated heterocycles. The predicted octanol–water partition coefficient (Wildman–Crippen LogP) is -5.07. The van der Waals surface area contributed by atoms with Gasteiger partial charge in [0, 0.05) is 13.1 Å². The summed E-state index contributed by atoms with van der Waals surface area (Å²) in [6.45, 7) is 2.17. The van der Waals surface area contributed by atoms with Crippen LogP contribution in [0.15, 0.2) is 0 Å². The minimum absolute atomic E-state index is 0. The van der Waals surface area contributed by atoms with Gasteiger partial charge in [-0.2, -0.15) is 0 Å². The van der Waals surface area contributed by atoms with E-state index in [1.807, 2.05) is 0 Å². The van der Waals surface area contributed by atoms with Crippen LogP contribution in [0.5, 0.6) is 0 Å². The normalized spacial score (nSPS) is 14.8. The maximum atomic E-state index is 4.86. The van der Waals surface area contributed by atoms with Gasteiger partial charge >= 0.3 is 24.4 Å². The summed E-state index contributed by atoms with van der Waals surface area (Å²) in [5, 5.41) is 0. The first-order valence-corrected chi connectivity index (χ1v) is 4.08. The largest absolute Gasteiger partial charge is 3.00 e. The van der Waals surface area contributed by atoms with Gasteiger partial charge in [0.05, 0.1) is 0 Å². The number of nitrogens with zero attached hydrogens (tertiary/aromatic N) is 1. The van der Waals surface area contributed by atoms with E-state index in [1.54, 1.807) is 0 Å². The average molecular weight is 442 g/mol. The Bertz CT molecular complexity index is 120. The van der Waals surface area contributed by atoms with E-state index in [2.05, 4.69) is 4.90 Å². The molecule has 0 aliphatic carbocycles. The van der Waals surface area contributed by atoms with Crippen molar-refractivity contribution in [2.24, 2.45) is 0 Å². The van der Waals surface area contributed by atoms with Crippen LogP contribution >= 0.6 is 12.2 Å². The maximum absolute atomic E-state index is 4.86. The Morgan fingerprint density at radius 2 is 1.50 bits per heavy atom. The second kappa shape index (κ2) is 11.0. The molecule has 0 spiro atoms. The van der Waals surface area contributed by atoms with Crippen LogP contribution in [0.2, 0.25) is 0 Å². The SMILES string of the molecule is S=C([S-])N1CCCCC1.[Br-].[Br-].[Sb+3]. The van der Waals surface area contributed by atoms with Gasteiger partial charge in [-0.15, -0.1) is 0 Å². The number of likely N-dealkylation sites (tertiary alicyclic amines) is 1. The van der Waals surface area contributed by atoms with Crippen molar-refractivity contribution >= 4 is 53.6 Å². The molecule has 0 atom stereocenters. The number of hydrogen-bond acceptors (Lipinski definition) is 2. The van der Waals surface area contributed by atoms with Crippen molar-refractivity contribution in [1.29, 1.82) is 0 Å².